The van der Waals surface area contributed by atoms with Crippen LogP contribution < -0.4 is 5.73 Å². The molecule has 0 heterocycles. The van der Waals surface area contributed by atoms with Crippen molar-refractivity contribution in [1.29, 1.82) is 0 Å². The van der Waals surface area contributed by atoms with Gasteiger partial charge in [-0.05, 0) is 49.4 Å². The number of nitrogens with two attached hydrogens (primary N) is 1. The summed E-state index contributed by atoms with van der Waals surface area (Å²) in [6, 6.07) is 9.09. The molecule has 2 N–H and O–H groups in total. The summed E-state index contributed by atoms with van der Waals surface area (Å²) in [5.41, 5.74) is 7.42. The molecule has 2 nitrogen and oxygen atoms in total. The summed E-state index contributed by atoms with van der Waals surface area (Å²) in [5.74, 6) is 1.67. The van der Waals surface area contributed by atoms with E-state index in [-0.39, 0.29) is 0 Å². The first kappa shape index (κ1) is 16.0. The summed E-state index contributed by atoms with van der Waals surface area (Å²) in [6.07, 6.45) is 5.41. The Kier molecular flexibility index (Phi) is 6.06. The van der Waals surface area contributed by atoms with Crippen LogP contribution in [0.1, 0.15) is 38.2 Å². The van der Waals surface area contributed by atoms with Crippen LogP contribution in [0.25, 0.3) is 0 Å². The number of nitrogens with zero attached hydrogens (tertiary/aromatic N) is 1. The van der Waals surface area contributed by atoms with Gasteiger partial charge in [0.25, 0.3) is 0 Å². The summed E-state index contributed by atoms with van der Waals surface area (Å²) in [6.45, 7) is 4.12. The largest absolute Gasteiger partial charge is 0.329 e. The van der Waals surface area contributed by atoms with Gasteiger partial charge in [-0.25, -0.2) is 0 Å². The maximum Gasteiger partial charge on any atom is 0.0247 e. The maximum absolute atomic E-state index is 6.07. The van der Waals surface area contributed by atoms with E-state index in [4.69, 9.17) is 5.73 Å². The third-order valence-corrected chi connectivity index (χ3v) is 5.23. The van der Waals surface area contributed by atoms with Crippen LogP contribution in [0.2, 0.25) is 0 Å². The molecule has 1 atom stereocenters. The first-order valence-electron chi connectivity index (χ1n) is 7.75. The van der Waals surface area contributed by atoms with Crippen LogP contribution in [0.15, 0.2) is 28.7 Å². The minimum Gasteiger partial charge on any atom is -0.329 e. The molecule has 0 bridgehead atoms. The Balaban J connectivity index is 1.96. The highest BCUT2D eigenvalue weighted by molar-refractivity contribution is 9.10. The molecule has 0 saturated heterocycles. The van der Waals surface area contributed by atoms with E-state index in [1.54, 1.807) is 0 Å². The number of rotatable bonds is 5. The van der Waals surface area contributed by atoms with Gasteiger partial charge in [0.2, 0.25) is 0 Å². The quantitative estimate of drug-likeness (QED) is 0.877. The summed E-state index contributed by atoms with van der Waals surface area (Å²) < 4.78 is 1.15. The van der Waals surface area contributed by atoms with Gasteiger partial charge in [-0.2, -0.15) is 0 Å². The standard InChI is InChI=1S/C17H27BrN2/c1-13-6-8-15(9-7-13)17(11-19)20(2)12-14-4-3-5-16(18)10-14/h3-5,10,13,15,17H,6-9,11-12,19H2,1-2H3. The van der Waals surface area contributed by atoms with Gasteiger partial charge in [0.15, 0.2) is 0 Å². The van der Waals surface area contributed by atoms with E-state index >= 15 is 0 Å². The van der Waals surface area contributed by atoms with Crippen molar-refractivity contribution in [3.05, 3.63) is 34.3 Å². The molecule has 1 aliphatic carbocycles. The molecular weight excluding hydrogens is 312 g/mol. The molecule has 0 amide bonds. The van der Waals surface area contributed by atoms with E-state index in [0.717, 1.165) is 29.4 Å². The predicted octanol–water partition coefficient (Wildman–Crippen LogP) is 4.03. The molecule has 20 heavy (non-hydrogen) atoms. The SMILES string of the molecule is CC1CCC(C(CN)N(C)Cc2cccc(Br)c2)CC1. The number of benzene rings is 1. The predicted molar refractivity (Wildman–Crippen MR) is 89.6 cm³/mol. The van der Waals surface area contributed by atoms with E-state index < -0.39 is 0 Å². The van der Waals surface area contributed by atoms with Crippen molar-refractivity contribution in [3.8, 4) is 0 Å². The maximum atomic E-state index is 6.07. The topological polar surface area (TPSA) is 29.3 Å². The molecule has 2 rings (SSSR count). The van der Waals surface area contributed by atoms with Gasteiger partial charge in [0, 0.05) is 23.6 Å². The normalized spacial score (nSPS) is 24.9. The summed E-state index contributed by atoms with van der Waals surface area (Å²) >= 11 is 3.55. The highest BCUT2D eigenvalue weighted by Gasteiger charge is 2.27. The zero-order valence-electron chi connectivity index (χ0n) is 12.7. The third-order valence-electron chi connectivity index (χ3n) is 4.73. The van der Waals surface area contributed by atoms with Crippen molar-refractivity contribution in [1.82, 2.24) is 4.90 Å². The average molecular weight is 339 g/mol. The molecule has 1 aromatic rings. The first-order valence-corrected chi connectivity index (χ1v) is 8.54. The molecular formula is C17H27BrN2. The van der Waals surface area contributed by atoms with Gasteiger partial charge < -0.3 is 5.73 Å². The van der Waals surface area contributed by atoms with Crippen LogP contribution in [0.5, 0.6) is 0 Å². The van der Waals surface area contributed by atoms with Crippen LogP contribution in [0, 0.1) is 11.8 Å². The van der Waals surface area contributed by atoms with Crippen molar-refractivity contribution < 1.29 is 0 Å². The fourth-order valence-electron chi connectivity index (χ4n) is 3.44. The Labute approximate surface area is 131 Å². The number of halogens is 1. The molecule has 3 heteroatoms. The Morgan fingerprint density at radius 1 is 1.30 bits per heavy atom. The Bertz CT molecular complexity index is 413. The zero-order valence-corrected chi connectivity index (χ0v) is 14.3. The monoisotopic (exact) mass is 338 g/mol. The second-order valence-electron chi connectivity index (χ2n) is 6.37. The Hall–Kier alpha value is -0.380. The van der Waals surface area contributed by atoms with E-state index in [9.17, 15) is 0 Å². The Morgan fingerprint density at radius 3 is 2.60 bits per heavy atom. The van der Waals surface area contributed by atoms with Gasteiger partial charge in [-0.3, -0.25) is 4.90 Å². The van der Waals surface area contributed by atoms with E-state index in [1.165, 1.54) is 31.2 Å². The van der Waals surface area contributed by atoms with Crippen LogP contribution in [0.3, 0.4) is 0 Å². The highest BCUT2D eigenvalue weighted by Crippen LogP contribution is 2.32. The van der Waals surface area contributed by atoms with Crippen LogP contribution in [-0.4, -0.2) is 24.5 Å². The lowest BCUT2D eigenvalue weighted by molar-refractivity contribution is 0.130. The third kappa shape index (κ3) is 4.31. The first-order chi connectivity index (χ1) is 9.60. The second-order valence-corrected chi connectivity index (χ2v) is 7.28. The number of hydrogen-bond donors (Lipinski definition) is 1. The smallest absolute Gasteiger partial charge is 0.0247 e. The summed E-state index contributed by atoms with van der Waals surface area (Å²) in [7, 11) is 2.22. The van der Waals surface area contributed by atoms with Gasteiger partial charge >= 0.3 is 0 Å². The average Bonchev–Trinajstić information content (AvgIpc) is 2.42. The molecule has 0 aromatic heterocycles. The van der Waals surface area contributed by atoms with Gasteiger partial charge in [-0.15, -0.1) is 0 Å². The van der Waals surface area contributed by atoms with Crippen LogP contribution in [0.4, 0.5) is 0 Å². The molecule has 0 spiro atoms. The fourth-order valence-corrected chi connectivity index (χ4v) is 3.89. The van der Waals surface area contributed by atoms with Crippen LogP contribution in [-0.2, 0) is 6.54 Å². The molecule has 1 aliphatic rings. The molecule has 0 aliphatic heterocycles. The number of hydrogen-bond acceptors (Lipinski definition) is 2. The van der Waals surface area contributed by atoms with E-state index in [2.05, 4.69) is 59.1 Å². The second kappa shape index (κ2) is 7.58. The van der Waals surface area contributed by atoms with E-state index in [0.29, 0.717) is 6.04 Å². The zero-order chi connectivity index (χ0) is 14.5. The minimum absolute atomic E-state index is 0.515. The lowest BCUT2D eigenvalue weighted by atomic mass is 9.79. The lowest BCUT2D eigenvalue weighted by Gasteiger charge is -2.37. The van der Waals surface area contributed by atoms with Crippen molar-refractivity contribution >= 4 is 15.9 Å². The highest BCUT2D eigenvalue weighted by atomic mass is 79.9. The summed E-state index contributed by atoms with van der Waals surface area (Å²) in [5, 5.41) is 0. The van der Waals surface area contributed by atoms with Crippen LogP contribution >= 0.6 is 15.9 Å². The summed E-state index contributed by atoms with van der Waals surface area (Å²) in [4.78, 5) is 2.45. The van der Waals surface area contributed by atoms with Gasteiger partial charge in [0.05, 0.1) is 0 Å². The van der Waals surface area contributed by atoms with E-state index in [1.807, 2.05) is 0 Å². The van der Waals surface area contributed by atoms with Crippen molar-refractivity contribution in [2.45, 2.75) is 45.2 Å². The lowest BCUT2D eigenvalue weighted by Crippen LogP contribution is -2.44. The van der Waals surface area contributed by atoms with Crippen molar-refractivity contribution in [2.24, 2.45) is 17.6 Å². The van der Waals surface area contributed by atoms with Gasteiger partial charge in [-0.1, -0.05) is 47.8 Å². The van der Waals surface area contributed by atoms with Gasteiger partial charge in [0.1, 0.15) is 0 Å². The Morgan fingerprint density at radius 2 is 2.00 bits per heavy atom. The van der Waals surface area contributed by atoms with Crippen molar-refractivity contribution in [2.75, 3.05) is 13.6 Å². The fraction of sp³-hybridized carbons (Fsp3) is 0.647. The molecule has 1 fully saturated rings. The van der Waals surface area contributed by atoms with Crippen molar-refractivity contribution in [3.63, 3.8) is 0 Å². The molecule has 0 radical (unpaired) electrons. The molecule has 1 aromatic carbocycles. The molecule has 1 unspecified atom stereocenters. The molecule has 112 valence electrons. The molecule has 1 saturated carbocycles. The number of likely N-dealkylation sites (N-methyl/N-ethyl adjacent to an activating group) is 1. The minimum atomic E-state index is 0.515.